The number of halogens is 3. The van der Waals surface area contributed by atoms with Gasteiger partial charge in [-0.25, -0.2) is 4.98 Å². The van der Waals surface area contributed by atoms with Crippen molar-refractivity contribution >= 4 is 22.3 Å². The molecule has 3 aromatic rings. The first-order chi connectivity index (χ1) is 16.2. The van der Waals surface area contributed by atoms with Gasteiger partial charge in [-0.05, 0) is 50.4 Å². The van der Waals surface area contributed by atoms with Crippen molar-refractivity contribution in [1.29, 1.82) is 0 Å². The number of hydrogen-bond acceptors (Lipinski definition) is 5. The van der Waals surface area contributed by atoms with Gasteiger partial charge in [0.05, 0.1) is 11.2 Å². The average Bonchev–Trinajstić information content (AvgIpc) is 2.82. The number of nitrogens with one attached hydrogen (secondary N) is 1. The summed E-state index contributed by atoms with van der Waals surface area (Å²) in [6.07, 6.45) is -4.56. The number of aromatic hydroxyl groups is 1. The number of hydrogen-bond donors (Lipinski definition) is 2. The molecular weight excluding hydrogens is 441 g/mol. The number of benzene rings is 2. The van der Waals surface area contributed by atoms with E-state index in [0.29, 0.717) is 29.9 Å². The van der Waals surface area contributed by atoms with Gasteiger partial charge in [0.2, 0.25) is 0 Å². The summed E-state index contributed by atoms with van der Waals surface area (Å²) in [4.78, 5) is 8.17. The molecule has 0 saturated carbocycles. The molecule has 3 rings (SSSR count). The molecule has 1 aromatic heterocycles. The summed E-state index contributed by atoms with van der Waals surface area (Å²) in [5, 5.41) is 14.8. The van der Waals surface area contributed by atoms with Gasteiger partial charge in [0, 0.05) is 35.3 Å². The highest BCUT2D eigenvalue weighted by Gasteiger charge is 2.33. The van der Waals surface area contributed by atoms with E-state index >= 15 is 0 Å². The predicted octanol–water partition coefficient (Wildman–Crippen LogP) is 6.39. The summed E-state index contributed by atoms with van der Waals surface area (Å²) in [6.45, 7) is 12.6. The molecule has 0 aliphatic heterocycles. The third kappa shape index (κ3) is 5.98. The van der Waals surface area contributed by atoms with E-state index in [4.69, 9.17) is 0 Å². The van der Waals surface area contributed by atoms with Crippen molar-refractivity contribution in [2.45, 2.75) is 47.0 Å². The molecule has 0 atom stereocenters. The zero-order chi connectivity index (χ0) is 24.9. The van der Waals surface area contributed by atoms with Crippen LogP contribution in [0, 0.1) is 0 Å². The predicted molar refractivity (Wildman–Crippen MR) is 131 cm³/mol. The highest BCUT2D eigenvalue weighted by atomic mass is 19.4. The van der Waals surface area contributed by atoms with Crippen LogP contribution in [0.3, 0.4) is 0 Å². The van der Waals surface area contributed by atoms with Crippen LogP contribution in [0.1, 0.15) is 44.5 Å². The molecule has 34 heavy (non-hydrogen) atoms. The lowest BCUT2D eigenvalue weighted by molar-refractivity contribution is -0.140. The largest absolute Gasteiger partial charge is 0.507 e. The maximum Gasteiger partial charge on any atom is 0.433 e. The van der Waals surface area contributed by atoms with Gasteiger partial charge in [0.1, 0.15) is 11.4 Å². The molecular formula is C26H33F3N4O. The molecule has 0 aliphatic carbocycles. The van der Waals surface area contributed by atoms with E-state index < -0.39 is 11.9 Å². The molecule has 0 unspecified atom stereocenters. The molecule has 0 radical (unpaired) electrons. The fourth-order valence-corrected chi connectivity index (χ4v) is 4.03. The molecule has 0 bridgehead atoms. The Morgan fingerprint density at radius 2 is 1.38 bits per heavy atom. The number of para-hydroxylation sites is 1. The van der Waals surface area contributed by atoms with E-state index in [9.17, 15) is 18.3 Å². The highest BCUT2D eigenvalue weighted by Crippen LogP contribution is 2.36. The Kier molecular flexibility index (Phi) is 8.38. The lowest BCUT2D eigenvalue weighted by atomic mass is 10.0. The van der Waals surface area contributed by atoms with Gasteiger partial charge in [0.25, 0.3) is 0 Å². The van der Waals surface area contributed by atoms with Crippen LogP contribution in [0.25, 0.3) is 10.9 Å². The van der Waals surface area contributed by atoms with Crippen molar-refractivity contribution in [3.8, 4) is 5.75 Å². The number of pyridine rings is 1. The SMILES string of the molecule is CCN(CC)Cc1cc(Nc2cc(C(F)(F)F)nc3ccccc23)cc(CN(CC)CC)c1O. The van der Waals surface area contributed by atoms with E-state index in [-0.39, 0.29) is 11.3 Å². The van der Waals surface area contributed by atoms with Crippen molar-refractivity contribution < 1.29 is 18.3 Å². The molecule has 0 aliphatic rings. The summed E-state index contributed by atoms with van der Waals surface area (Å²) in [6, 6.07) is 11.5. The van der Waals surface area contributed by atoms with Gasteiger partial charge in [-0.2, -0.15) is 13.2 Å². The molecule has 0 amide bonds. The molecule has 2 N–H and O–H groups in total. The number of phenols is 1. The van der Waals surface area contributed by atoms with Crippen LogP contribution in [0.4, 0.5) is 24.5 Å². The van der Waals surface area contributed by atoms with Crippen LogP contribution in [-0.4, -0.2) is 46.1 Å². The van der Waals surface area contributed by atoms with Crippen LogP contribution in [-0.2, 0) is 19.3 Å². The monoisotopic (exact) mass is 474 g/mol. The molecule has 184 valence electrons. The molecule has 1 heterocycles. The van der Waals surface area contributed by atoms with Crippen LogP contribution in [0.5, 0.6) is 5.75 Å². The highest BCUT2D eigenvalue weighted by molar-refractivity contribution is 5.93. The van der Waals surface area contributed by atoms with E-state index in [1.807, 2.05) is 12.1 Å². The number of rotatable bonds is 10. The van der Waals surface area contributed by atoms with Crippen molar-refractivity contribution in [3.63, 3.8) is 0 Å². The molecule has 0 saturated heterocycles. The smallest absolute Gasteiger partial charge is 0.433 e. The average molecular weight is 475 g/mol. The Morgan fingerprint density at radius 3 is 1.88 bits per heavy atom. The molecule has 8 heteroatoms. The van der Waals surface area contributed by atoms with Crippen molar-refractivity contribution in [3.05, 3.63) is 59.3 Å². The topological polar surface area (TPSA) is 51.6 Å². The Balaban J connectivity index is 2.11. The van der Waals surface area contributed by atoms with Crippen LogP contribution < -0.4 is 5.32 Å². The van der Waals surface area contributed by atoms with Crippen molar-refractivity contribution in [2.24, 2.45) is 0 Å². The lowest BCUT2D eigenvalue weighted by Gasteiger charge is -2.24. The second kappa shape index (κ2) is 11.1. The van der Waals surface area contributed by atoms with Gasteiger partial charge >= 0.3 is 6.18 Å². The minimum absolute atomic E-state index is 0.236. The molecule has 0 fully saturated rings. The first-order valence-corrected chi connectivity index (χ1v) is 11.7. The first kappa shape index (κ1) is 25.8. The summed E-state index contributed by atoms with van der Waals surface area (Å²) in [5.74, 6) is 0.236. The van der Waals surface area contributed by atoms with Crippen molar-refractivity contribution in [2.75, 3.05) is 31.5 Å². The number of nitrogens with zero attached hydrogens (tertiary/aromatic N) is 3. The third-order valence-electron chi connectivity index (χ3n) is 6.13. The van der Waals surface area contributed by atoms with Gasteiger partial charge in [-0.1, -0.05) is 45.9 Å². The summed E-state index contributed by atoms with van der Waals surface area (Å²) in [7, 11) is 0. The number of anilines is 2. The quantitative estimate of drug-likeness (QED) is 0.334. The number of fused-ring (bicyclic) bond motifs is 1. The number of alkyl halides is 3. The third-order valence-corrected chi connectivity index (χ3v) is 6.13. The minimum atomic E-state index is -4.56. The molecule has 5 nitrogen and oxygen atoms in total. The Labute approximate surface area is 199 Å². The second-order valence-corrected chi connectivity index (χ2v) is 8.26. The van der Waals surface area contributed by atoms with Crippen LogP contribution in [0.15, 0.2) is 42.5 Å². The fourth-order valence-electron chi connectivity index (χ4n) is 4.03. The summed E-state index contributed by atoms with van der Waals surface area (Å²) < 4.78 is 40.6. The minimum Gasteiger partial charge on any atom is -0.507 e. The van der Waals surface area contributed by atoms with E-state index in [1.54, 1.807) is 24.3 Å². The number of phenolic OH excluding ortho intramolecular Hbond substituents is 1. The van der Waals surface area contributed by atoms with Gasteiger partial charge < -0.3 is 10.4 Å². The Hall–Kier alpha value is -2.84. The van der Waals surface area contributed by atoms with Crippen molar-refractivity contribution in [1.82, 2.24) is 14.8 Å². The summed E-state index contributed by atoms with van der Waals surface area (Å²) in [5.41, 5.74) is 1.76. The lowest BCUT2D eigenvalue weighted by Crippen LogP contribution is -2.24. The standard InChI is InChI=1S/C26H33F3N4O/c1-5-32(6-2)16-18-13-20(14-19(25(18)34)17-33(7-3)8-4)30-23-15-24(26(27,28)29)31-22-12-10-9-11-21(22)23/h9-15,34H,5-8,16-17H2,1-4H3,(H,30,31). The maximum absolute atomic E-state index is 13.5. The van der Waals surface area contributed by atoms with Gasteiger partial charge in [-0.3, -0.25) is 9.80 Å². The molecule has 0 spiro atoms. The van der Waals surface area contributed by atoms with E-state index in [2.05, 4.69) is 47.8 Å². The second-order valence-electron chi connectivity index (χ2n) is 8.26. The van der Waals surface area contributed by atoms with Gasteiger partial charge in [-0.15, -0.1) is 0 Å². The maximum atomic E-state index is 13.5. The van der Waals surface area contributed by atoms with E-state index in [1.165, 1.54) is 0 Å². The molecule has 2 aromatic carbocycles. The van der Waals surface area contributed by atoms with Gasteiger partial charge in [0.15, 0.2) is 0 Å². The summed E-state index contributed by atoms with van der Waals surface area (Å²) >= 11 is 0. The fraction of sp³-hybridized carbons (Fsp3) is 0.423. The van der Waals surface area contributed by atoms with Crippen LogP contribution >= 0.6 is 0 Å². The Morgan fingerprint density at radius 1 is 0.853 bits per heavy atom. The zero-order valence-corrected chi connectivity index (χ0v) is 20.2. The number of aromatic nitrogens is 1. The Bertz CT molecular complexity index is 1070. The van der Waals surface area contributed by atoms with E-state index in [0.717, 1.165) is 43.4 Å². The first-order valence-electron chi connectivity index (χ1n) is 11.7. The normalized spacial score (nSPS) is 12.1. The zero-order valence-electron chi connectivity index (χ0n) is 20.2. The van der Waals surface area contributed by atoms with Crippen LogP contribution in [0.2, 0.25) is 0 Å².